The lowest BCUT2D eigenvalue weighted by Gasteiger charge is -2.37. The van der Waals surface area contributed by atoms with Crippen LogP contribution in [0.1, 0.15) is 35.7 Å². The van der Waals surface area contributed by atoms with Crippen LogP contribution in [0.5, 0.6) is 11.8 Å². The Kier molecular flexibility index (Phi) is 6.85. The monoisotopic (exact) mass is 470 g/mol. The van der Waals surface area contributed by atoms with Crippen LogP contribution in [0.3, 0.4) is 0 Å². The van der Waals surface area contributed by atoms with Crippen molar-refractivity contribution in [1.82, 2.24) is 25.1 Å². The van der Waals surface area contributed by atoms with Gasteiger partial charge in [-0.1, -0.05) is 6.07 Å². The molecule has 0 bridgehead atoms. The zero-order chi connectivity index (χ0) is 23.7. The van der Waals surface area contributed by atoms with Gasteiger partial charge in [0.25, 0.3) is 0 Å². The van der Waals surface area contributed by atoms with E-state index in [2.05, 4.69) is 27.1 Å². The predicted molar refractivity (Wildman–Crippen MR) is 129 cm³/mol. The van der Waals surface area contributed by atoms with E-state index < -0.39 is 0 Å². The van der Waals surface area contributed by atoms with Crippen molar-refractivity contribution in [3.63, 3.8) is 0 Å². The van der Waals surface area contributed by atoms with E-state index in [-0.39, 0.29) is 11.9 Å². The Morgan fingerprint density at radius 2 is 1.94 bits per heavy atom. The molecule has 9 heteroatoms. The third-order valence-electron chi connectivity index (χ3n) is 7.44. The number of methoxy groups -OCH3 is 1. The SMILES string of the molecule is COc1cccc(F)c1C1Cc2nc(OC[C@@H]3CCCN3C)nc(N3CCNCC3)c2CN1C. The summed E-state index contributed by atoms with van der Waals surface area (Å²) in [5, 5.41) is 3.41. The number of likely N-dealkylation sites (tertiary alicyclic amines) is 1. The lowest BCUT2D eigenvalue weighted by molar-refractivity contribution is 0.182. The molecule has 1 aromatic carbocycles. The molecular weight excluding hydrogens is 435 g/mol. The lowest BCUT2D eigenvalue weighted by atomic mass is 9.92. The maximum Gasteiger partial charge on any atom is 0.318 e. The summed E-state index contributed by atoms with van der Waals surface area (Å²) in [6.45, 7) is 5.96. The minimum atomic E-state index is -0.253. The average Bonchev–Trinajstić information content (AvgIpc) is 3.27. The highest BCUT2D eigenvalue weighted by Gasteiger charge is 2.34. The number of nitrogens with zero attached hydrogens (tertiary/aromatic N) is 5. The van der Waals surface area contributed by atoms with Crippen LogP contribution in [0, 0.1) is 5.82 Å². The van der Waals surface area contributed by atoms with Crippen LogP contribution in [0.15, 0.2) is 18.2 Å². The second-order valence-electron chi connectivity index (χ2n) is 9.57. The Morgan fingerprint density at radius 1 is 1.12 bits per heavy atom. The Balaban J connectivity index is 1.49. The quantitative estimate of drug-likeness (QED) is 0.690. The van der Waals surface area contributed by atoms with Crippen molar-refractivity contribution in [2.45, 2.75) is 37.9 Å². The first-order valence-corrected chi connectivity index (χ1v) is 12.3. The first-order valence-electron chi connectivity index (χ1n) is 12.3. The second-order valence-corrected chi connectivity index (χ2v) is 9.57. The van der Waals surface area contributed by atoms with Crippen LogP contribution in [-0.4, -0.2) is 86.3 Å². The van der Waals surface area contributed by atoms with E-state index in [1.54, 1.807) is 13.2 Å². The number of ether oxygens (including phenoxy) is 2. The van der Waals surface area contributed by atoms with Crippen molar-refractivity contribution in [1.29, 1.82) is 0 Å². The number of likely N-dealkylation sites (N-methyl/N-ethyl adjacent to an activating group) is 2. The molecule has 184 valence electrons. The molecule has 5 rings (SSSR count). The molecule has 1 aromatic heterocycles. The maximum absolute atomic E-state index is 15.0. The van der Waals surface area contributed by atoms with Crippen LogP contribution in [0.4, 0.5) is 10.2 Å². The van der Waals surface area contributed by atoms with Crippen LogP contribution >= 0.6 is 0 Å². The van der Waals surface area contributed by atoms with Gasteiger partial charge in [0.2, 0.25) is 0 Å². The molecule has 0 radical (unpaired) electrons. The second kappa shape index (κ2) is 10.0. The fourth-order valence-corrected chi connectivity index (χ4v) is 5.43. The van der Waals surface area contributed by atoms with Crippen molar-refractivity contribution in [3.05, 3.63) is 40.8 Å². The Bertz CT molecular complexity index is 1020. The Morgan fingerprint density at radius 3 is 2.68 bits per heavy atom. The lowest BCUT2D eigenvalue weighted by Crippen LogP contribution is -2.45. The predicted octanol–water partition coefficient (Wildman–Crippen LogP) is 2.24. The minimum Gasteiger partial charge on any atom is -0.496 e. The highest BCUT2D eigenvalue weighted by molar-refractivity contribution is 5.52. The number of anilines is 1. The van der Waals surface area contributed by atoms with Crippen molar-refractivity contribution in [2.24, 2.45) is 0 Å². The number of nitrogens with one attached hydrogen (secondary N) is 1. The number of halogens is 1. The Labute approximate surface area is 201 Å². The van der Waals surface area contributed by atoms with Gasteiger partial charge in [-0.3, -0.25) is 4.90 Å². The maximum atomic E-state index is 15.0. The number of benzene rings is 1. The number of fused-ring (bicyclic) bond motifs is 1. The van der Waals surface area contributed by atoms with E-state index in [1.165, 1.54) is 12.5 Å². The summed E-state index contributed by atoms with van der Waals surface area (Å²) in [7, 11) is 5.76. The zero-order valence-corrected chi connectivity index (χ0v) is 20.4. The molecule has 0 spiro atoms. The highest BCUT2D eigenvalue weighted by atomic mass is 19.1. The largest absolute Gasteiger partial charge is 0.496 e. The van der Waals surface area contributed by atoms with Crippen molar-refractivity contribution < 1.29 is 13.9 Å². The van der Waals surface area contributed by atoms with Crippen LogP contribution < -0.4 is 19.7 Å². The number of hydrogen-bond donors (Lipinski definition) is 1. The molecule has 0 saturated carbocycles. The molecule has 0 amide bonds. The third kappa shape index (κ3) is 4.56. The van der Waals surface area contributed by atoms with E-state index in [0.717, 1.165) is 56.2 Å². The number of aromatic nitrogens is 2. The molecule has 1 unspecified atom stereocenters. The molecule has 2 saturated heterocycles. The normalized spacial score (nSPS) is 23.7. The van der Waals surface area contributed by atoms with Gasteiger partial charge in [-0.2, -0.15) is 9.97 Å². The fraction of sp³-hybridized carbons (Fsp3) is 0.600. The van der Waals surface area contributed by atoms with Crippen molar-refractivity contribution >= 4 is 5.82 Å². The number of hydrogen-bond acceptors (Lipinski definition) is 8. The van der Waals surface area contributed by atoms with Crippen LogP contribution in [-0.2, 0) is 13.0 Å². The number of rotatable bonds is 6. The summed E-state index contributed by atoms with van der Waals surface area (Å²) in [5.74, 6) is 1.27. The molecule has 3 aliphatic heterocycles. The minimum absolute atomic E-state index is 0.178. The smallest absolute Gasteiger partial charge is 0.318 e. The standard InChI is InChI=1S/C25H35FN6O2/c1-30-11-5-6-17(30)16-34-25-28-20-14-21(23-19(26)7-4-8-22(23)33-3)31(2)15-18(20)24(29-25)32-12-9-27-10-13-32/h4,7-8,17,21,27H,5-6,9-16H2,1-3H3/t17-,21?/m0/s1. The topological polar surface area (TPSA) is 66.0 Å². The van der Waals surface area contributed by atoms with Crippen LogP contribution in [0.2, 0.25) is 0 Å². The first kappa shape index (κ1) is 23.3. The third-order valence-corrected chi connectivity index (χ3v) is 7.44. The van der Waals surface area contributed by atoms with E-state index in [0.29, 0.717) is 42.9 Å². The summed E-state index contributed by atoms with van der Waals surface area (Å²) in [4.78, 5) is 16.6. The Hall–Kier alpha value is -2.49. The van der Waals surface area contributed by atoms with E-state index in [4.69, 9.17) is 19.4 Å². The van der Waals surface area contributed by atoms with Gasteiger partial charge < -0.3 is 24.6 Å². The summed E-state index contributed by atoms with van der Waals surface area (Å²) < 4.78 is 26.7. The molecule has 3 aliphatic rings. The van der Waals surface area contributed by atoms with E-state index in [1.807, 2.05) is 13.1 Å². The molecule has 34 heavy (non-hydrogen) atoms. The molecule has 2 fully saturated rings. The van der Waals surface area contributed by atoms with Crippen LogP contribution in [0.25, 0.3) is 0 Å². The molecule has 8 nitrogen and oxygen atoms in total. The van der Waals surface area contributed by atoms with Gasteiger partial charge in [0, 0.05) is 62.4 Å². The van der Waals surface area contributed by atoms with E-state index in [9.17, 15) is 4.39 Å². The van der Waals surface area contributed by atoms with Crippen molar-refractivity contribution in [3.8, 4) is 11.8 Å². The van der Waals surface area contributed by atoms with Gasteiger partial charge in [-0.15, -0.1) is 0 Å². The van der Waals surface area contributed by atoms with Gasteiger partial charge in [0.15, 0.2) is 0 Å². The van der Waals surface area contributed by atoms with Gasteiger partial charge in [0.05, 0.1) is 12.8 Å². The summed E-state index contributed by atoms with van der Waals surface area (Å²) in [6, 6.07) is 5.65. The molecular formula is C25H35FN6O2. The molecule has 2 atom stereocenters. The van der Waals surface area contributed by atoms with Gasteiger partial charge in [-0.25, -0.2) is 4.39 Å². The van der Waals surface area contributed by atoms with Gasteiger partial charge in [0.1, 0.15) is 24.0 Å². The molecule has 1 N–H and O–H groups in total. The van der Waals surface area contributed by atoms with Crippen molar-refractivity contribution in [2.75, 3.05) is 65.4 Å². The zero-order valence-electron chi connectivity index (χ0n) is 20.4. The molecule has 0 aliphatic carbocycles. The van der Waals surface area contributed by atoms with E-state index >= 15 is 0 Å². The summed E-state index contributed by atoms with van der Waals surface area (Å²) in [6.07, 6.45) is 2.90. The summed E-state index contributed by atoms with van der Waals surface area (Å²) in [5.41, 5.74) is 2.63. The first-order chi connectivity index (χ1) is 16.5. The average molecular weight is 471 g/mol. The summed E-state index contributed by atoms with van der Waals surface area (Å²) >= 11 is 0. The number of piperazine rings is 1. The molecule has 4 heterocycles. The highest BCUT2D eigenvalue weighted by Crippen LogP contribution is 2.40. The molecule has 2 aromatic rings. The van der Waals surface area contributed by atoms with Gasteiger partial charge in [-0.05, 0) is 45.6 Å². The van der Waals surface area contributed by atoms with Gasteiger partial charge >= 0.3 is 6.01 Å². The fourth-order valence-electron chi connectivity index (χ4n) is 5.43.